The van der Waals surface area contributed by atoms with Gasteiger partial charge in [-0.05, 0) is 73.7 Å². The molecule has 11 heteroatoms. The van der Waals surface area contributed by atoms with Crippen LogP contribution in [0.3, 0.4) is 0 Å². The van der Waals surface area contributed by atoms with E-state index in [-0.39, 0.29) is 17.7 Å². The summed E-state index contributed by atoms with van der Waals surface area (Å²) < 4.78 is 7.90. The molecule has 4 heterocycles. The molecule has 1 amide bonds. The largest absolute Gasteiger partial charge is 0.444 e. The maximum absolute atomic E-state index is 13.2. The lowest BCUT2D eigenvalue weighted by Crippen LogP contribution is -2.49. The first-order chi connectivity index (χ1) is 18.6. The Bertz CT molecular complexity index is 1400. The fraction of sp³-hybridized carbons (Fsp3) is 0.536. The third-order valence-electron chi connectivity index (χ3n) is 7.32. The number of pyridine rings is 2. The molecule has 0 spiro atoms. The number of ether oxygens (including phenoxy) is 1. The average Bonchev–Trinajstić information content (AvgIpc) is 3.42. The van der Waals surface area contributed by atoms with Crippen LogP contribution in [0.5, 0.6) is 0 Å². The lowest BCUT2D eigenvalue weighted by atomic mass is 10.1. The number of rotatable bonds is 5. The van der Waals surface area contributed by atoms with Crippen LogP contribution in [0.1, 0.15) is 63.6 Å². The minimum absolute atomic E-state index is 0.0362. The number of anilines is 2. The van der Waals surface area contributed by atoms with E-state index in [1.54, 1.807) is 11.1 Å². The zero-order valence-corrected chi connectivity index (χ0v) is 24.6. The SMILES string of the molecule is Cc1c(Br)c(=O)n(C2CCCC2)c2nc(Nc3ccc(CN4CCN(C(=O)OC(C)(C)C)CC4)cn3)ncc12. The van der Waals surface area contributed by atoms with E-state index in [1.807, 2.05) is 50.6 Å². The van der Waals surface area contributed by atoms with Gasteiger partial charge in [0.15, 0.2) is 0 Å². The number of aromatic nitrogens is 4. The van der Waals surface area contributed by atoms with E-state index in [1.165, 1.54) is 0 Å². The summed E-state index contributed by atoms with van der Waals surface area (Å²) >= 11 is 3.49. The van der Waals surface area contributed by atoms with Gasteiger partial charge in [-0.1, -0.05) is 18.9 Å². The smallest absolute Gasteiger partial charge is 0.410 e. The number of fused-ring (bicyclic) bond motifs is 1. The number of nitrogens with one attached hydrogen (secondary N) is 1. The van der Waals surface area contributed by atoms with Crippen molar-refractivity contribution in [2.45, 2.75) is 71.6 Å². The molecule has 0 radical (unpaired) electrons. The first-order valence-electron chi connectivity index (χ1n) is 13.6. The van der Waals surface area contributed by atoms with Gasteiger partial charge in [0.1, 0.15) is 17.1 Å². The molecule has 1 aliphatic heterocycles. The summed E-state index contributed by atoms with van der Waals surface area (Å²) in [5.41, 5.74) is 2.07. The van der Waals surface area contributed by atoms with Gasteiger partial charge in [0.2, 0.25) is 5.95 Å². The van der Waals surface area contributed by atoms with Gasteiger partial charge in [-0.3, -0.25) is 14.3 Å². The Hall–Kier alpha value is -3.05. The topological polar surface area (TPSA) is 105 Å². The van der Waals surface area contributed by atoms with Gasteiger partial charge in [-0.2, -0.15) is 4.98 Å². The van der Waals surface area contributed by atoms with Crippen molar-refractivity contribution in [3.63, 3.8) is 0 Å². The van der Waals surface area contributed by atoms with Gasteiger partial charge in [0.05, 0.1) is 4.47 Å². The molecule has 1 saturated heterocycles. The zero-order valence-electron chi connectivity index (χ0n) is 23.0. The van der Waals surface area contributed by atoms with Crippen LogP contribution in [0.2, 0.25) is 0 Å². The number of nitrogens with zero attached hydrogens (tertiary/aromatic N) is 6. The molecule has 5 rings (SSSR count). The van der Waals surface area contributed by atoms with Crippen molar-refractivity contribution in [3.8, 4) is 0 Å². The highest BCUT2D eigenvalue weighted by Crippen LogP contribution is 2.32. The number of amides is 1. The molecule has 3 aromatic heterocycles. The molecule has 39 heavy (non-hydrogen) atoms. The van der Waals surface area contributed by atoms with Crippen molar-refractivity contribution >= 4 is 44.8 Å². The zero-order chi connectivity index (χ0) is 27.7. The number of hydrogen-bond acceptors (Lipinski definition) is 8. The fourth-order valence-electron chi connectivity index (χ4n) is 5.24. The van der Waals surface area contributed by atoms with Crippen molar-refractivity contribution in [1.29, 1.82) is 0 Å². The summed E-state index contributed by atoms with van der Waals surface area (Å²) in [4.78, 5) is 43.4. The first kappa shape index (κ1) is 27.5. The van der Waals surface area contributed by atoms with Gasteiger partial charge in [-0.25, -0.2) is 14.8 Å². The Morgan fingerprint density at radius 1 is 1.10 bits per heavy atom. The molecule has 0 aromatic carbocycles. The Morgan fingerprint density at radius 3 is 2.46 bits per heavy atom. The van der Waals surface area contributed by atoms with Crippen molar-refractivity contribution in [2.24, 2.45) is 0 Å². The van der Waals surface area contributed by atoms with Crippen LogP contribution in [0.25, 0.3) is 11.0 Å². The monoisotopic (exact) mass is 597 g/mol. The molecule has 208 valence electrons. The molecule has 1 saturated carbocycles. The second-order valence-electron chi connectivity index (χ2n) is 11.4. The van der Waals surface area contributed by atoms with Crippen molar-refractivity contribution in [3.05, 3.63) is 50.5 Å². The van der Waals surface area contributed by atoms with Gasteiger partial charge in [0, 0.05) is 56.5 Å². The number of hydrogen-bond donors (Lipinski definition) is 1. The molecule has 1 N–H and O–H groups in total. The standard InChI is InChI=1S/C28H36BrN7O3/c1-18-21-16-31-26(33-24(21)36(25(37)23(18)29)20-7-5-6-8-20)32-22-10-9-19(15-30-22)17-34-11-13-35(14-12-34)27(38)39-28(2,3)4/h9-10,15-16,20H,5-8,11-14,17H2,1-4H3,(H,30,31,32,33). The highest BCUT2D eigenvalue weighted by atomic mass is 79.9. The van der Waals surface area contributed by atoms with E-state index >= 15 is 0 Å². The van der Waals surface area contributed by atoms with E-state index in [0.717, 1.165) is 61.8 Å². The van der Waals surface area contributed by atoms with E-state index in [9.17, 15) is 9.59 Å². The van der Waals surface area contributed by atoms with Crippen LogP contribution < -0.4 is 10.9 Å². The van der Waals surface area contributed by atoms with E-state index < -0.39 is 5.60 Å². The number of carbonyl (C=O) groups excluding carboxylic acids is 1. The third-order valence-corrected chi connectivity index (χ3v) is 8.26. The highest BCUT2D eigenvalue weighted by molar-refractivity contribution is 9.10. The molecule has 10 nitrogen and oxygen atoms in total. The van der Waals surface area contributed by atoms with Crippen molar-refractivity contribution < 1.29 is 9.53 Å². The van der Waals surface area contributed by atoms with E-state index in [4.69, 9.17) is 9.72 Å². The number of carbonyl (C=O) groups is 1. The van der Waals surface area contributed by atoms with Crippen LogP contribution in [-0.2, 0) is 11.3 Å². The van der Waals surface area contributed by atoms with Gasteiger partial charge in [0.25, 0.3) is 5.56 Å². The molecule has 2 aliphatic rings. The lowest BCUT2D eigenvalue weighted by molar-refractivity contribution is 0.0139. The summed E-state index contributed by atoms with van der Waals surface area (Å²) in [5, 5.41) is 4.07. The maximum Gasteiger partial charge on any atom is 0.410 e. The second-order valence-corrected chi connectivity index (χ2v) is 12.2. The summed E-state index contributed by atoms with van der Waals surface area (Å²) in [6, 6.07) is 4.10. The molecular formula is C28H36BrN7O3. The van der Waals surface area contributed by atoms with Gasteiger partial charge < -0.3 is 15.0 Å². The summed E-state index contributed by atoms with van der Waals surface area (Å²) in [5.74, 6) is 1.05. The number of halogens is 1. The van der Waals surface area contributed by atoms with E-state index in [0.29, 0.717) is 35.0 Å². The Morgan fingerprint density at radius 2 is 1.82 bits per heavy atom. The molecule has 1 aliphatic carbocycles. The molecule has 0 atom stereocenters. The van der Waals surface area contributed by atoms with Crippen molar-refractivity contribution in [1.82, 2.24) is 29.3 Å². The molecular weight excluding hydrogens is 562 g/mol. The second kappa shape index (κ2) is 11.2. The summed E-state index contributed by atoms with van der Waals surface area (Å²) in [6.07, 6.45) is 7.58. The van der Waals surface area contributed by atoms with Crippen LogP contribution in [0, 0.1) is 6.92 Å². The molecule has 2 fully saturated rings. The number of piperazine rings is 1. The molecule has 0 unspecified atom stereocenters. The minimum atomic E-state index is -0.486. The average molecular weight is 599 g/mol. The van der Waals surface area contributed by atoms with Crippen LogP contribution in [0.15, 0.2) is 33.8 Å². The minimum Gasteiger partial charge on any atom is -0.444 e. The normalized spacial score (nSPS) is 17.1. The Labute approximate surface area is 236 Å². The quantitative estimate of drug-likeness (QED) is 0.429. The van der Waals surface area contributed by atoms with Gasteiger partial charge in [-0.15, -0.1) is 0 Å². The molecule has 3 aromatic rings. The molecule has 0 bridgehead atoms. The fourth-order valence-corrected chi connectivity index (χ4v) is 5.65. The van der Waals surface area contributed by atoms with E-state index in [2.05, 4.69) is 36.1 Å². The predicted molar refractivity (Wildman–Crippen MR) is 154 cm³/mol. The van der Waals surface area contributed by atoms with Crippen LogP contribution in [0.4, 0.5) is 16.6 Å². The maximum atomic E-state index is 13.2. The van der Waals surface area contributed by atoms with Crippen LogP contribution >= 0.6 is 15.9 Å². The Balaban J connectivity index is 1.25. The first-order valence-corrected chi connectivity index (χ1v) is 14.4. The summed E-state index contributed by atoms with van der Waals surface area (Å²) in [6.45, 7) is 11.2. The summed E-state index contributed by atoms with van der Waals surface area (Å²) in [7, 11) is 0. The highest BCUT2D eigenvalue weighted by Gasteiger charge is 2.26. The Kier molecular flexibility index (Phi) is 7.91. The van der Waals surface area contributed by atoms with Crippen molar-refractivity contribution in [2.75, 3.05) is 31.5 Å². The lowest BCUT2D eigenvalue weighted by Gasteiger charge is -2.35. The third kappa shape index (κ3) is 6.24. The van der Waals surface area contributed by atoms with Crippen LogP contribution in [-0.4, -0.2) is 67.2 Å². The predicted octanol–water partition coefficient (Wildman–Crippen LogP) is 5.17. The van der Waals surface area contributed by atoms with Gasteiger partial charge >= 0.3 is 6.09 Å². The number of aryl methyl sites for hydroxylation is 1.